The van der Waals surface area contributed by atoms with E-state index in [4.69, 9.17) is 11.6 Å². The number of benzene rings is 2. The van der Waals surface area contributed by atoms with Gasteiger partial charge in [0, 0.05) is 42.8 Å². The molecule has 2 aromatic carbocycles. The molecule has 1 N–H and O–H groups in total. The van der Waals surface area contributed by atoms with Crippen LogP contribution in [0.2, 0.25) is 5.02 Å². The molecular weight excluding hydrogens is 360 g/mol. The normalized spacial score (nSPS) is 19.9. The molecule has 26 heavy (non-hydrogen) atoms. The lowest BCUT2D eigenvalue weighted by molar-refractivity contribution is -0.125. The first-order valence-electron chi connectivity index (χ1n) is 8.40. The molecule has 0 bridgehead atoms. The molecule has 0 saturated carbocycles. The summed E-state index contributed by atoms with van der Waals surface area (Å²) in [4.78, 5) is 24.2. The van der Waals surface area contributed by atoms with Crippen molar-refractivity contribution in [3.63, 3.8) is 0 Å². The summed E-state index contributed by atoms with van der Waals surface area (Å²) in [5, 5.41) is 3.33. The number of hydrogen-bond donors (Lipinski definition) is 1. The highest BCUT2D eigenvalue weighted by Crippen LogP contribution is 2.35. The van der Waals surface area contributed by atoms with Gasteiger partial charge in [-0.15, -0.1) is 0 Å². The smallest absolute Gasteiger partial charge is 0.220 e. The van der Waals surface area contributed by atoms with Gasteiger partial charge in [0.2, 0.25) is 5.91 Å². The van der Waals surface area contributed by atoms with Crippen LogP contribution in [0.15, 0.2) is 42.5 Å². The minimum atomic E-state index is -0.681. The number of hydrogen-bond acceptors (Lipinski definition) is 2. The van der Waals surface area contributed by atoms with Crippen molar-refractivity contribution in [3.8, 4) is 0 Å². The SMILES string of the molecule is O=C(Cc1ccc(Cl)cc1)CC1CNC(=O)CC1c1ccc(F)cc1F. The average Bonchev–Trinajstić information content (AvgIpc) is 2.59. The summed E-state index contributed by atoms with van der Waals surface area (Å²) in [5.41, 5.74) is 1.13. The highest BCUT2D eigenvalue weighted by molar-refractivity contribution is 6.30. The predicted molar refractivity (Wildman–Crippen MR) is 95.0 cm³/mol. The summed E-state index contributed by atoms with van der Waals surface area (Å²) in [5.74, 6) is -2.21. The van der Waals surface area contributed by atoms with Crippen molar-refractivity contribution in [3.05, 3.63) is 70.2 Å². The molecule has 2 atom stereocenters. The number of carbonyl (C=O) groups excluding carboxylic acids is 2. The van der Waals surface area contributed by atoms with Crippen molar-refractivity contribution < 1.29 is 18.4 Å². The molecule has 2 aromatic rings. The second kappa shape index (κ2) is 7.96. The number of ketones is 1. The van der Waals surface area contributed by atoms with E-state index in [1.165, 1.54) is 12.1 Å². The van der Waals surface area contributed by atoms with Crippen molar-refractivity contribution >= 4 is 23.3 Å². The van der Waals surface area contributed by atoms with Gasteiger partial charge in [0.1, 0.15) is 17.4 Å². The lowest BCUT2D eigenvalue weighted by Gasteiger charge is -2.31. The van der Waals surface area contributed by atoms with Crippen LogP contribution < -0.4 is 5.32 Å². The lowest BCUT2D eigenvalue weighted by atomic mass is 9.77. The van der Waals surface area contributed by atoms with Crippen molar-refractivity contribution in [2.45, 2.75) is 25.2 Å². The van der Waals surface area contributed by atoms with Crippen LogP contribution in [0, 0.1) is 17.6 Å². The van der Waals surface area contributed by atoms with Gasteiger partial charge in [0.25, 0.3) is 0 Å². The van der Waals surface area contributed by atoms with Crippen LogP contribution >= 0.6 is 11.6 Å². The average molecular weight is 378 g/mol. The summed E-state index contributed by atoms with van der Waals surface area (Å²) in [6.07, 6.45) is 0.548. The summed E-state index contributed by atoms with van der Waals surface area (Å²) >= 11 is 5.84. The van der Waals surface area contributed by atoms with Crippen LogP contribution in [0.4, 0.5) is 8.78 Å². The van der Waals surface area contributed by atoms with Gasteiger partial charge in [-0.1, -0.05) is 29.8 Å². The Morgan fingerprint density at radius 1 is 1.15 bits per heavy atom. The molecule has 1 fully saturated rings. The zero-order valence-corrected chi connectivity index (χ0v) is 14.7. The molecule has 0 spiro atoms. The molecule has 3 rings (SSSR count). The van der Waals surface area contributed by atoms with Gasteiger partial charge >= 0.3 is 0 Å². The third-order valence-corrected chi connectivity index (χ3v) is 4.95. The van der Waals surface area contributed by atoms with E-state index in [-0.39, 0.29) is 42.4 Å². The summed E-state index contributed by atoms with van der Waals surface area (Å²) in [6, 6.07) is 10.4. The highest BCUT2D eigenvalue weighted by atomic mass is 35.5. The summed E-state index contributed by atoms with van der Waals surface area (Å²) in [6.45, 7) is 0.298. The van der Waals surface area contributed by atoms with E-state index in [0.29, 0.717) is 11.6 Å². The Labute approximate surface area is 155 Å². The quantitative estimate of drug-likeness (QED) is 0.854. The molecule has 136 valence electrons. The Bertz CT molecular complexity index is 823. The second-order valence-corrected chi connectivity index (χ2v) is 7.02. The largest absolute Gasteiger partial charge is 0.356 e. The molecule has 0 radical (unpaired) electrons. The zero-order chi connectivity index (χ0) is 18.7. The predicted octanol–water partition coefficient (Wildman–Crippen LogP) is 4.04. The van der Waals surface area contributed by atoms with Gasteiger partial charge < -0.3 is 5.32 Å². The Morgan fingerprint density at radius 3 is 2.58 bits per heavy atom. The Morgan fingerprint density at radius 2 is 1.88 bits per heavy atom. The summed E-state index contributed by atoms with van der Waals surface area (Å²) < 4.78 is 27.4. The van der Waals surface area contributed by atoms with Crippen LogP contribution in [-0.2, 0) is 16.0 Å². The van der Waals surface area contributed by atoms with E-state index in [2.05, 4.69) is 5.32 Å². The Balaban J connectivity index is 1.74. The number of nitrogens with one attached hydrogen (secondary N) is 1. The van der Waals surface area contributed by atoms with Crippen molar-refractivity contribution in [2.75, 3.05) is 6.54 Å². The Hall–Kier alpha value is -2.27. The van der Waals surface area contributed by atoms with Gasteiger partial charge in [0.15, 0.2) is 0 Å². The maximum Gasteiger partial charge on any atom is 0.220 e. The van der Waals surface area contributed by atoms with E-state index in [0.717, 1.165) is 11.6 Å². The minimum Gasteiger partial charge on any atom is -0.356 e. The fourth-order valence-electron chi connectivity index (χ4n) is 3.40. The van der Waals surface area contributed by atoms with Gasteiger partial charge in [0.05, 0.1) is 0 Å². The van der Waals surface area contributed by atoms with Gasteiger partial charge in [-0.05, 0) is 35.2 Å². The van der Waals surface area contributed by atoms with Gasteiger partial charge in [-0.2, -0.15) is 0 Å². The van der Waals surface area contributed by atoms with Crippen LogP contribution in [0.5, 0.6) is 0 Å². The number of Topliss-reactive ketones (excluding diaryl/α,β-unsaturated/α-hetero) is 1. The Kier molecular flexibility index (Phi) is 5.67. The van der Waals surface area contributed by atoms with Crippen LogP contribution in [0.25, 0.3) is 0 Å². The molecule has 1 aliphatic heterocycles. The molecule has 2 unspecified atom stereocenters. The van der Waals surface area contributed by atoms with E-state index < -0.39 is 17.6 Å². The first kappa shape index (κ1) is 18.5. The standard InChI is InChI=1S/C20H18ClF2NO2/c21-14-3-1-12(2-4-14)7-16(25)8-13-11-24-20(26)10-18(13)17-6-5-15(22)9-19(17)23/h1-6,9,13,18H,7-8,10-11H2,(H,24,26). The zero-order valence-electron chi connectivity index (χ0n) is 14.0. The maximum atomic E-state index is 14.2. The molecule has 1 saturated heterocycles. The fraction of sp³-hybridized carbons (Fsp3) is 0.300. The van der Waals surface area contributed by atoms with Crippen molar-refractivity contribution in [2.24, 2.45) is 5.92 Å². The number of rotatable bonds is 5. The number of piperidine rings is 1. The van der Waals surface area contributed by atoms with Crippen molar-refractivity contribution in [1.82, 2.24) is 5.32 Å². The molecule has 0 aromatic heterocycles. The molecule has 6 heteroatoms. The molecule has 3 nitrogen and oxygen atoms in total. The molecule has 1 heterocycles. The maximum absolute atomic E-state index is 14.2. The molecule has 0 aliphatic carbocycles. The third-order valence-electron chi connectivity index (χ3n) is 4.70. The molecular formula is C20H18ClF2NO2. The van der Waals surface area contributed by atoms with E-state index >= 15 is 0 Å². The third kappa shape index (κ3) is 4.47. The van der Waals surface area contributed by atoms with Crippen molar-refractivity contribution in [1.29, 1.82) is 0 Å². The van der Waals surface area contributed by atoms with Crippen LogP contribution in [-0.4, -0.2) is 18.2 Å². The summed E-state index contributed by atoms with van der Waals surface area (Å²) in [7, 11) is 0. The topological polar surface area (TPSA) is 46.2 Å². The van der Waals surface area contributed by atoms with Gasteiger partial charge in [-0.3, -0.25) is 9.59 Å². The monoisotopic (exact) mass is 377 g/mol. The van der Waals surface area contributed by atoms with E-state index in [1.807, 2.05) is 0 Å². The van der Waals surface area contributed by atoms with Crippen LogP contribution in [0.3, 0.4) is 0 Å². The number of amides is 1. The van der Waals surface area contributed by atoms with E-state index in [1.54, 1.807) is 24.3 Å². The van der Waals surface area contributed by atoms with Crippen LogP contribution in [0.1, 0.15) is 29.9 Å². The highest BCUT2D eigenvalue weighted by Gasteiger charge is 2.33. The minimum absolute atomic E-state index is 0.000918. The number of halogens is 3. The van der Waals surface area contributed by atoms with E-state index in [9.17, 15) is 18.4 Å². The molecule has 1 amide bonds. The first-order valence-corrected chi connectivity index (χ1v) is 8.78. The molecule has 1 aliphatic rings. The van der Waals surface area contributed by atoms with Gasteiger partial charge in [-0.25, -0.2) is 8.78 Å². The second-order valence-electron chi connectivity index (χ2n) is 6.59. The lowest BCUT2D eigenvalue weighted by Crippen LogP contribution is -2.41. The number of carbonyl (C=O) groups is 2. The first-order chi connectivity index (χ1) is 12.4. The fourth-order valence-corrected chi connectivity index (χ4v) is 3.53.